The Kier molecular flexibility index (Phi) is 6.62. The maximum absolute atomic E-state index is 13.3. The molecule has 0 fully saturated rings. The van der Waals surface area contributed by atoms with Crippen LogP contribution in [0.15, 0.2) is 68.8 Å². The summed E-state index contributed by atoms with van der Waals surface area (Å²) in [7, 11) is 0. The van der Waals surface area contributed by atoms with Crippen molar-refractivity contribution in [3.63, 3.8) is 0 Å². The Morgan fingerprint density at radius 3 is 2.72 bits per heavy atom. The van der Waals surface area contributed by atoms with Gasteiger partial charge in [-0.25, -0.2) is 4.98 Å². The molecule has 4 aromatic rings. The van der Waals surface area contributed by atoms with E-state index in [-0.39, 0.29) is 11.5 Å². The summed E-state index contributed by atoms with van der Waals surface area (Å²) in [5.74, 6) is 1.87. The second-order valence-corrected chi connectivity index (χ2v) is 9.27. The summed E-state index contributed by atoms with van der Waals surface area (Å²) < 4.78 is 7.33. The standard InChI is InChI=1S/C24H23N3O3S2/c1-4-12-27-23(29)21-18(19-10-7-16(3)30-19)14-32-22(21)26-24(27)31-13-11-20(28)25-17-8-5-15(2)6-9-17/h4-10,14H,1,11-13H2,2-3H3,(H,25,28). The third-order valence-electron chi connectivity index (χ3n) is 4.87. The highest BCUT2D eigenvalue weighted by Crippen LogP contribution is 2.33. The Hall–Kier alpha value is -3.10. The van der Waals surface area contributed by atoms with Gasteiger partial charge in [0.1, 0.15) is 16.4 Å². The van der Waals surface area contributed by atoms with Crippen LogP contribution in [0.3, 0.4) is 0 Å². The van der Waals surface area contributed by atoms with Crippen molar-refractivity contribution < 1.29 is 9.21 Å². The molecule has 0 radical (unpaired) electrons. The van der Waals surface area contributed by atoms with Crippen molar-refractivity contribution in [2.45, 2.75) is 32.0 Å². The number of amides is 1. The fraction of sp³-hybridized carbons (Fsp3) is 0.208. The van der Waals surface area contributed by atoms with Gasteiger partial charge in [0.05, 0.1) is 5.39 Å². The van der Waals surface area contributed by atoms with Crippen molar-refractivity contribution in [3.8, 4) is 11.3 Å². The topological polar surface area (TPSA) is 77.1 Å². The minimum atomic E-state index is -0.133. The van der Waals surface area contributed by atoms with Crippen molar-refractivity contribution in [1.29, 1.82) is 0 Å². The molecule has 1 aromatic carbocycles. The number of anilines is 1. The Morgan fingerprint density at radius 2 is 2.03 bits per heavy atom. The van der Waals surface area contributed by atoms with Gasteiger partial charge < -0.3 is 9.73 Å². The van der Waals surface area contributed by atoms with E-state index in [4.69, 9.17) is 9.40 Å². The lowest BCUT2D eigenvalue weighted by atomic mass is 10.2. The van der Waals surface area contributed by atoms with E-state index in [2.05, 4.69) is 11.9 Å². The first kappa shape index (κ1) is 22.1. The number of hydrogen-bond acceptors (Lipinski definition) is 6. The number of carbonyl (C=O) groups is 1. The van der Waals surface area contributed by atoms with Gasteiger partial charge in [-0.15, -0.1) is 17.9 Å². The van der Waals surface area contributed by atoms with E-state index >= 15 is 0 Å². The number of furan rings is 1. The summed E-state index contributed by atoms with van der Waals surface area (Å²) in [5.41, 5.74) is 2.53. The first-order chi connectivity index (χ1) is 15.5. The summed E-state index contributed by atoms with van der Waals surface area (Å²) in [4.78, 5) is 31.0. The Bertz CT molecular complexity index is 1330. The van der Waals surface area contributed by atoms with Gasteiger partial charge in [0.15, 0.2) is 5.16 Å². The monoisotopic (exact) mass is 465 g/mol. The molecule has 0 aliphatic carbocycles. The minimum absolute atomic E-state index is 0.0772. The van der Waals surface area contributed by atoms with Gasteiger partial charge in [0.2, 0.25) is 5.91 Å². The van der Waals surface area contributed by atoms with E-state index in [1.165, 1.54) is 23.1 Å². The average molecular weight is 466 g/mol. The number of hydrogen-bond donors (Lipinski definition) is 1. The highest BCUT2D eigenvalue weighted by molar-refractivity contribution is 7.99. The first-order valence-electron chi connectivity index (χ1n) is 10.2. The average Bonchev–Trinajstić information content (AvgIpc) is 3.38. The molecule has 1 N–H and O–H groups in total. The molecule has 0 unspecified atom stereocenters. The van der Waals surface area contributed by atoms with Crippen LogP contribution in [-0.2, 0) is 11.3 Å². The van der Waals surface area contributed by atoms with Crippen molar-refractivity contribution in [1.82, 2.24) is 9.55 Å². The van der Waals surface area contributed by atoms with E-state index in [1.807, 2.05) is 55.6 Å². The highest BCUT2D eigenvalue weighted by atomic mass is 32.2. The van der Waals surface area contributed by atoms with E-state index in [1.54, 1.807) is 10.6 Å². The van der Waals surface area contributed by atoms with Gasteiger partial charge in [-0.3, -0.25) is 14.2 Å². The largest absolute Gasteiger partial charge is 0.461 e. The number of fused-ring (bicyclic) bond motifs is 1. The normalized spacial score (nSPS) is 11.1. The predicted octanol–water partition coefficient (Wildman–Crippen LogP) is 5.64. The molecular weight excluding hydrogens is 442 g/mol. The minimum Gasteiger partial charge on any atom is -0.461 e. The number of rotatable bonds is 8. The van der Waals surface area contributed by atoms with Crippen LogP contribution in [0, 0.1) is 13.8 Å². The number of thioether (sulfide) groups is 1. The van der Waals surface area contributed by atoms with Crippen molar-refractivity contribution in [3.05, 3.63) is 76.1 Å². The molecule has 0 spiro atoms. The maximum Gasteiger partial charge on any atom is 0.263 e. The molecule has 0 aliphatic heterocycles. The van der Waals surface area contributed by atoms with E-state index < -0.39 is 0 Å². The third kappa shape index (κ3) is 4.71. The fourth-order valence-electron chi connectivity index (χ4n) is 3.26. The van der Waals surface area contributed by atoms with Crippen LogP contribution in [0.4, 0.5) is 5.69 Å². The third-order valence-corrected chi connectivity index (χ3v) is 6.72. The molecule has 0 atom stereocenters. The fourth-order valence-corrected chi connectivity index (χ4v) is 5.18. The second-order valence-electron chi connectivity index (χ2n) is 7.35. The number of carbonyl (C=O) groups excluding carboxylic acids is 1. The number of nitrogens with zero attached hydrogens (tertiary/aromatic N) is 2. The first-order valence-corrected chi connectivity index (χ1v) is 12.0. The SMILES string of the molecule is C=CCn1c(SCCC(=O)Nc2ccc(C)cc2)nc2scc(-c3ccc(C)o3)c2c1=O. The predicted molar refractivity (Wildman–Crippen MR) is 132 cm³/mol. The molecule has 0 saturated carbocycles. The highest BCUT2D eigenvalue weighted by Gasteiger charge is 2.18. The summed E-state index contributed by atoms with van der Waals surface area (Å²) in [5, 5.41) is 5.92. The van der Waals surface area contributed by atoms with Crippen LogP contribution < -0.4 is 10.9 Å². The molecule has 6 nitrogen and oxygen atoms in total. The zero-order valence-electron chi connectivity index (χ0n) is 17.9. The molecular formula is C24H23N3O3S2. The zero-order chi connectivity index (χ0) is 22.7. The number of benzene rings is 1. The molecule has 0 bridgehead atoms. The van der Waals surface area contributed by atoms with Crippen LogP contribution in [0.5, 0.6) is 0 Å². The molecule has 8 heteroatoms. The number of aryl methyl sites for hydroxylation is 2. The van der Waals surface area contributed by atoms with Crippen LogP contribution >= 0.6 is 23.1 Å². The van der Waals surface area contributed by atoms with Gasteiger partial charge >= 0.3 is 0 Å². The summed E-state index contributed by atoms with van der Waals surface area (Å²) in [6, 6.07) is 11.4. The Morgan fingerprint density at radius 1 is 1.25 bits per heavy atom. The van der Waals surface area contributed by atoms with Crippen LogP contribution in [-0.4, -0.2) is 21.2 Å². The number of nitrogens with one attached hydrogen (secondary N) is 1. The van der Waals surface area contributed by atoms with Gasteiger partial charge in [-0.2, -0.15) is 0 Å². The lowest BCUT2D eigenvalue weighted by molar-refractivity contribution is -0.115. The van der Waals surface area contributed by atoms with E-state index in [9.17, 15) is 9.59 Å². The molecule has 0 saturated heterocycles. The lowest BCUT2D eigenvalue weighted by Crippen LogP contribution is -2.23. The molecule has 3 heterocycles. The van der Waals surface area contributed by atoms with Crippen molar-refractivity contribution in [2.75, 3.05) is 11.1 Å². The van der Waals surface area contributed by atoms with Gasteiger partial charge in [-0.05, 0) is 38.1 Å². The molecule has 4 rings (SSSR count). The van der Waals surface area contributed by atoms with E-state index in [0.717, 1.165) is 22.6 Å². The zero-order valence-corrected chi connectivity index (χ0v) is 19.5. The lowest BCUT2D eigenvalue weighted by Gasteiger charge is -2.10. The summed E-state index contributed by atoms with van der Waals surface area (Å²) in [6.45, 7) is 7.99. The molecule has 3 aromatic heterocycles. The quantitative estimate of drug-likeness (QED) is 0.207. The Labute approximate surface area is 194 Å². The molecule has 164 valence electrons. The van der Waals surface area contributed by atoms with Gasteiger partial charge in [0.25, 0.3) is 5.56 Å². The number of aromatic nitrogens is 2. The smallest absolute Gasteiger partial charge is 0.263 e. The van der Waals surface area contributed by atoms with Crippen LogP contribution in [0.2, 0.25) is 0 Å². The Balaban J connectivity index is 1.53. The molecule has 32 heavy (non-hydrogen) atoms. The van der Waals surface area contributed by atoms with Gasteiger partial charge in [-0.1, -0.05) is 35.5 Å². The molecule has 0 aliphatic rings. The van der Waals surface area contributed by atoms with Crippen LogP contribution in [0.25, 0.3) is 21.5 Å². The van der Waals surface area contributed by atoms with Gasteiger partial charge in [0, 0.05) is 35.3 Å². The summed E-state index contributed by atoms with van der Waals surface area (Å²) >= 11 is 2.81. The van der Waals surface area contributed by atoms with Crippen LogP contribution in [0.1, 0.15) is 17.7 Å². The second kappa shape index (κ2) is 9.58. The molecule has 1 amide bonds. The van der Waals surface area contributed by atoms with Crippen molar-refractivity contribution >= 4 is 44.9 Å². The maximum atomic E-state index is 13.3. The van der Waals surface area contributed by atoms with E-state index in [0.29, 0.717) is 39.9 Å². The number of thiophene rings is 1. The number of allylic oxidation sites excluding steroid dienone is 1. The summed E-state index contributed by atoms with van der Waals surface area (Å²) in [6.07, 6.45) is 1.98. The van der Waals surface area contributed by atoms with Crippen molar-refractivity contribution in [2.24, 2.45) is 0 Å².